The summed E-state index contributed by atoms with van der Waals surface area (Å²) in [6, 6.07) is 1.44. The number of hydrogen-bond donors (Lipinski definition) is 0. The van der Waals surface area contributed by atoms with Crippen molar-refractivity contribution in [1.29, 1.82) is 0 Å². The molecule has 5 nitrogen and oxygen atoms in total. The number of aromatic nitrogens is 1. The average Bonchev–Trinajstić information content (AvgIpc) is 2.28. The van der Waals surface area contributed by atoms with Gasteiger partial charge in [0.05, 0.1) is 10.7 Å². The highest BCUT2D eigenvalue weighted by molar-refractivity contribution is 9.10. The van der Waals surface area contributed by atoms with Crippen LogP contribution in [-0.2, 0) is 9.53 Å². The minimum absolute atomic E-state index is 0.187. The average molecular weight is 361 g/mol. The number of hydrogen-bond acceptors (Lipinski definition) is 5. The van der Waals surface area contributed by atoms with Crippen LogP contribution in [0.2, 0.25) is 0 Å². The molecule has 0 N–H and O–H groups in total. The van der Waals surface area contributed by atoms with E-state index < -0.39 is 23.7 Å². The van der Waals surface area contributed by atoms with E-state index in [-0.39, 0.29) is 4.47 Å². The van der Waals surface area contributed by atoms with E-state index in [0.29, 0.717) is 5.75 Å². The first kappa shape index (κ1) is 16.2. The van der Waals surface area contributed by atoms with Crippen LogP contribution < -0.4 is 4.74 Å². The van der Waals surface area contributed by atoms with Gasteiger partial charge in [0, 0.05) is 19.2 Å². The van der Waals surface area contributed by atoms with Crippen molar-refractivity contribution in [2.45, 2.75) is 39.0 Å². The Kier molecular flexibility index (Phi) is 4.83. The minimum atomic E-state index is -0.836. The molecule has 0 bridgehead atoms. The van der Waals surface area contributed by atoms with Gasteiger partial charge in [0.25, 0.3) is 6.23 Å². The molecule has 1 fully saturated rings. The van der Waals surface area contributed by atoms with Crippen LogP contribution in [0.4, 0.5) is 4.39 Å². The maximum Gasteiger partial charge on any atom is 0.363 e. The van der Waals surface area contributed by atoms with Gasteiger partial charge < -0.3 is 9.47 Å². The van der Waals surface area contributed by atoms with Gasteiger partial charge in [-0.05, 0) is 43.1 Å². The predicted molar refractivity (Wildman–Crippen MR) is 78.3 cm³/mol. The largest absolute Gasteiger partial charge is 0.462 e. The summed E-state index contributed by atoms with van der Waals surface area (Å²) in [4.78, 5) is 17.7. The quantitative estimate of drug-likeness (QED) is 0.610. The topological polar surface area (TPSA) is 51.7 Å². The number of nitrogens with zero attached hydrogens (tertiary/aromatic N) is 2. The smallest absolute Gasteiger partial charge is 0.363 e. The number of carbonyl (C=O) groups excluding carboxylic acids is 1. The molecule has 0 aliphatic carbocycles. The second kappa shape index (κ2) is 6.27. The van der Waals surface area contributed by atoms with Crippen molar-refractivity contribution in [3.63, 3.8) is 0 Å². The van der Waals surface area contributed by atoms with Crippen molar-refractivity contribution in [3.05, 3.63) is 22.7 Å². The maximum absolute atomic E-state index is 13.1. The van der Waals surface area contributed by atoms with E-state index in [4.69, 9.17) is 9.47 Å². The van der Waals surface area contributed by atoms with Crippen LogP contribution >= 0.6 is 15.9 Å². The van der Waals surface area contributed by atoms with Crippen molar-refractivity contribution in [3.8, 4) is 5.75 Å². The summed E-state index contributed by atoms with van der Waals surface area (Å²) in [6.45, 7) is 6.93. The molecule has 1 atom stereocenters. The molecule has 21 heavy (non-hydrogen) atoms. The molecule has 0 spiro atoms. The van der Waals surface area contributed by atoms with E-state index in [2.05, 4.69) is 20.9 Å². The summed E-state index contributed by atoms with van der Waals surface area (Å²) in [6.07, 6.45) is 1.42. The Hall–Kier alpha value is -1.21. The van der Waals surface area contributed by atoms with Gasteiger partial charge in [0.15, 0.2) is 0 Å². The molecule has 116 valence electrons. The minimum Gasteiger partial charge on any atom is -0.462 e. The molecule has 0 amide bonds. The van der Waals surface area contributed by atoms with Crippen molar-refractivity contribution in [2.24, 2.45) is 0 Å². The summed E-state index contributed by atoms with van der Waals surface area (Å²) in [5.74, 6) is -0.770. The highest BCUT2D eigenvalue weighted by Crippen LogP contribution is 2.23. The zero-order valence-corrected chi connectivity index (χ0v) is 13.8. The molecule has 7 heteroatoms. The summed E-state index contributed by atoms with van der Waals surface area (Å²) in [7, 11) is 0. The highest BCUT2D eigenvalue weighted by atomic mass is 79.9. The summed E-state index contributed by atoms with van der Waals surface area (Å²) in [5.41, 5.74) is -0.592. The van der Waals surface area contributed by atoms with Crippen LogP contribution in [0.15, 0.2) is 16.7 Å². The van der Waals surface area contributed by atoms with E-state index in [0.717, 1.165) is 19.5 Å². The first-order valence-corrected chi connectivity index (χ1v) is 7.50. The predicted octanol–water partition coefficient (Wildman–Crippen LogP) is 2.74. The first-order chi connectivity index (χ1) is 9.76. The molecule has 0 aromatic carbocycles. The molecule has 2 heterocycles. The van der Waals surface area contributed by atoms with Crippen molar-refractivity contribution in [2.75, 3.05) is 13.1 Å². The number of pyridine rings is 1. The van der Waals surface area contributed by atoms with Crippen LogP contribution in [0.25, 0.3) is 0 Å². The fourth-order valence-corrected chi connectivity index (χ4v) is 2.12. The Morgan fingerprint density at radius 3 is 2.62 bits per heavy atom. The third-order valence-corrected chi connectivity index (χ3v) is 3.41. The van der Waals surface area contributed by atoms with Gasteiger partial charge in [0.1, 0.15) is 11.4 Å². The SMILES string of the molecule is CC(C)(C)OC(=O)C(Oc1cnc(F)c(Br)c1)N1CCC1. The molecule has 1 aromatic heterocycles. The molecular formula is C14H18BrFN2O3. The maximum atomic E-state index is 13.1. The Morgan fingerprint density at radius 2 is 2.14 bits per heavy atom. The van der Waals surface area contributed by atoms with Crippen LogP contribution in [-0.4, -0.2) is 40.8 Å². The van der Waals surface area contributed by atoms with Gasteiger partial charge in [-0.15, -0.1) is 0 Å². The second-order valence-electron chi connectivity index (χ2n) is 5.84. The lowest BCUT2D eigenvalue weighted by molar-refractivity contribution is -0.176. The highest BCUT2D eigenvalue weighted by Gasteiger charge is 2.35. The molecule has 1 aromatic rings. The third-order valence-electron chi connectivity index (χ3n) is 2.85. The van der Waals surface area contributed by atoms with Gasteiger partial charge in [0.2, 0.25) is 5.95 Å². The van der Waals surface area contributed by atoms with Gasteiger partial charge in [-0.1, -0.05) is 0 Å². The Bertz CT molecular complexity index is 529. The number of esters is 1. The van der Waals surface area contributed by atoms with Gasteiger partial charge in [-0.3, -0.25) is 4.90 Å². The van der Waals surface area contributed by atoms with E-state index in [9.17, 15) is 9.18 Å². The Labute approximate surface area is 131 Å². The van der Waals surface area contributed by atoms with Crippen LogP contribution in [0.1, 0.15) is 27.2 Å². The number of halogens is 2. The third kappa shape index (κ3) is 4.38. The van der Waals surface area contributed by atoms with Gasteiger partial charge in [-0.25, -0.2) is 9.78 Å². The molecule has 1 aliphatic rings. The van der Waals surface area contributed by atoms with Crippen LogP contribution in [0.5, 0.6) is 5.75 Å². The molecule has 1 aliphatic heterocycles. The second-order valence-corrected chi connectivity index (χ2v) is 6.69. The van der Waals surface area contributed by atoms with Gasteiger partial charge >= 0.3 is 5.97 Å². The monoisotopic (exact) mass is 360 g/mol. The number of carbonyl (C=O) groups is 1. The van der Waals surface area contributed by atoms with E-state index in [1.807, 2.05) is 4.90 Å². The number of ether oxygens (including phenoxy) is 2. The van der Waals surface area contributed by atoms with Crippen LogP contribution in [0, 0.1) is 5.95 Å². The fraction of sp³-hybridized carbons (Fsp3) is 0.571. The van der Waals surface area contributed by atoms with Gasteiger partial charge in [-0.2, -0.15) is 4.39 Å². The first-order valence-electron chi connectivity index (χ1n) is 6.71. The van der Waals surface area contributed by atoms with E-state index in [1.165, 1.54) is 12.3 Å². The van der Waals surface area contributed by atoms with E-state index in [1.54, 1.807) is 20.8 Å². The molecule has 2 rings (SSSR count). The van der Waals surface area contributed by atoms with Crippen LogP contribution in [0.3, 0.4) is 0 Å². The zero-order valence-electron chi connectivity index (χ0n) is 12.2. The lowest BCUT2D eigenvalue weighted by Gasteiger charge is -2.37. The number of likely N-dealkylation sites (tertiary alicyclic amines) is 1. The van der Waals surface area contributed by atoms with E-state index >= 15 is 0 Å². The lowest BCUT2D eigenvalue weighted by atomic mass is 10.2. The zero-order chi connectivity index (χ0) is 15.6. The molecular weight excluding hydrogens is 343 g/mol. The van der Waals surface area contributed by atoms with Crippen molar-refractivity contribution >= 4 is 21.9 Å². The summed E-state index contributed by atoms with van der Waals surface area (Å²) >= 11 is 3.04. The summed E-state index contributed by atoms with van der Waals surface area (Å²) < 4.78 is 24.3. The molecule has 1 unspecified atom stereocenters. The Balaban J connectivity index is 2.12. The van der Waals surface area contributed by atoms with Crippen molar-refractivity contribution < 1.29 is 18.7 Å². The molecule has 1 saturated heterocycles. The van der Waals surface area contributed by atoms with Crippen molar-refractivity contribution in [1.82, 2.24) is 9.88 Å². The Morgan fingerprint density at radius 1 is 1.48 bits per heavy atom. The molecule has 0 radical (unpaired) electrons. The number of rotatable bonds is 4. The standard InChI is InChI=1S/C14H18BrFN2O3/c1-14(2,3)21-13(19)12(18-5-4-6-18)20-9-7-10(15)11(16)17-8-9/h7-8,12H,4-6H2,1-3H3. The summed E-state index contributed by atoms with van der Waals surface area (Å²) in [5, 5.41) is 0. The fourth-order valence-electron chi connectivity index (χ4n) is 1.80. The lowest BCUT2D eigenvalue weighted by Crippen LogP contribution is -2.53. The molecule has 0 saturated carbocycles. The normalized spacial score (nSPS) is 17.0.